The number of nitrogens with zero attached hydrogens (tertiary/aromatic N) is 1. The third kappa shape index (κ3) is 2.70. The summed E-state index contributed by atoms with van der Waals surface area (Å²) in [5.41, 5.74) is 0.926. The van der Waals surface area contributed by atoms with Crippen LogP contribution in [0.5, 0.6) is 0 Å². The highest BCUT2D eigenvalue weighted by molar-refractivity contribution is 14.3. The zero-order valence-corrected chi connectivity index (χ0v) is 13.8. The van der Waals surface area contributed by atoms with Crippen molar-refractivity contribution in [2.24, 2.45) is 0 Å². The predicted molar refractivity (Wildman–Crippen MR) is 85.2 cm³/mol. The molecule has 84 valence electrons. The van der Waals surface area contributed by atoms with E-state index < -0.39 is 5.82 Å². The zero-order valence-electron chi connectivity index (χ0n) is 7.73. The van der Waals surface area contributed by atoms with E-state index in [1.807, 2.05) is 16.2 Å². The highest BCUT2D eigenvalue weighted by Gasteiger charge is 2.09. The van der Waals surface area contributed by atoms with Crippen LogP contribution in [0.2, 0.25) is 0 Å². The van der Waals surface area contributed by atoms with Gasteiger partial charge in [-0.1, -0.05) is 0 Å². The van der Waals surface area contributed by atoms with Gasteiger partial charge < -0.3 is 0 Å². The summed E-state index contributed by atoms with van der Waals surface area (Å²) in [7, 11) is 0. The summed E-state index contributed by atoms with van der Waals surface area (Å²) in [5, 5.41) is 0.889. The summed E-state index contributed by atoms with van der Waals surface area (Å²) in [5.74, 6) is -0.464. The van der Waals surface area contributed by atoms with Crippen molar-refractivity contribution in [3.8, 4) is 0 Å². The van der Waals surface area contributed by atoms with E-state index in [4.69, 9.17) is 0 Å². The maximum absolute atomic E-state index is 13.5. The average Bonchev–Trinajstić information content (AvgIpc) is 2.59. The smallest absolute Gasteiger partial charge is 0.153 e. The van der Waals surface area contributed by atoms with Crippen molar-refractivity contribution in [2.75, 3.05) is 0 Å². The number of aromatic nitrogens is 1. The van der Waals surface area contributed by atoms with Crippen LogP contribution in [0.4, 0.5) is 4.39 Å². The molecule has 0 aliphatic heterocycles. The average molecular weight is 479 g/mol. The molecule has 1 aromatic carbocycles. The molecule has 0 unspecified atom stereocenters. The molecule has 0 saturated carbocycles. The minimum Gasteiger partial charge on any atom is -0.298 e. The Balaban J connectivity index is 2.56. The lowest BCUT2D eigenvalue weighted by Crippen LogP contribution is -1.88. The van der Waals surface area contributed by atoms with Gasteiger partial charge in [-0.25, -0.2) is 4.39 Å². The van der Waals surface area contributed by atoms with Crippen molar-refractivity contribution in [1.82, 2.24) is 3.97 Å². The third-order valence-corrected chi connectivity index (χ3v) is 6.74. The number of benzene rings is 1. The standard InChI is InChI=1S/C9H5FI2NOPS/c10-8-4-9-6(3-7(8)5-14)1-2-13(9)16-15(11)12/h1-5H. The summed E-state index contributed by atoms with van der Waals surface area (Å²) in [6.45, 7) is 0. The molecule has 0 amide bonds. The molecular weight excluding hydrogens is 474 g/mol. The topological polar surface area (TPSA) is 22.0 Å². The molecule has 2 nitrogen and oxygen atoms in total. The van der Waals surface area contributed by atoms with Gasteiger partial charge in [-0.3, -0.25) is 8.77 Å². The Morgan fingerprint density at radius 3 is 2.81 bits per heavy atom. The van der Waals surface area contributed by atoms with E-state index in [0.717, 1.165) is 10.9 Å². The second-order valence-corrected chi connectivity index (χ2v) is 20.8. The number of rotatable bonds is 3. The number of hydrogen-bond donors (Lipinski definition) is 0. The second kappa shape index (κ2) is 5.49. The SMILES string of the molecule is O=Cc1cc2ccn(SP(I)I)c2cc1F. The Morgan fingerprint density at radius 1 is 1.44 bits per heavy atom. The van der Waals surface area contributed by atoms with E-state index >= 15 is 0 Å². The van der Waals surface area contributed by atoms with Crippen LogP contribution in [0, 0.1) is 5.82 Å². The number of fused-ring (bicyclic) bond motifs is 1. The van der Waals surface area contributed by atoms with Crippen LogP contribution >= 0.6 is 58.1 Å². The van der Waals surface area contributed by atoms with E-state index in [1.165, 1.54) is 6.07 Å². The molecular formula is C9H5FI2NOPS. The van der Waals surface area contributed by atoms with E-state index in [1.54, 1.807) is 17.6 Å². The van der Waals surface area contributed by atoms with Gasteiger partial charge >= 0.3 is 0 Å². The van der Waals surface area contributed by atoms with Gasteiger partial charge in [0, 0.05) is 23.2 Å². The first-order valence-corrected chi connectivity index (χ1v) is 12.5. The molecule has 0 aliphatic carbocycles. The molecule has 0 atom stereocenters. The molecule has 2 aromatic rings. The van der Waals surface area contributed by atoms with Gasteiger partial charge in [0.2, 0.25) is 0 Å². The molecule has 0 radical (unpaired) electrons. The highest BCUT2D eigenvalue weighted by atomic mass is 127. The number of halogens is 3. The summed E-state index contributed by atoms with van der Waals surface area (Å²) in [6.07, 6.45) is 2.44. The van der Waals surface area contributed by atoms with Gasteiger partial charge in [-0.2, -0.15) is 0 Å². The quantitative estimate of drug-likeness (QED) is 0.344. The van der Waals surface area contributed by atoms with E-state index in [2.05, 4.69) is 44.1 Å². The summed E-state index contributed by atoms with van der Waals surface area (Å²) < 4.78 is 15.2. The number of carbonyl (C=O) groups is 1. The van der Waals surface area contributed by atoms with Crippen molar-refractivity contribution < 1.29 is 9.18 Å². The minimum absolute atomic E-state index is 0.112. The van der Waals surface area contributed by atoms with Crippen LogP contribution in [-0.4, -0.2) is 10.3 Å². The molecule has 1 heterocycles. The number of aldehydes is 1. The fourth-order valence-electron chi connectivity index (χ4n) is 1.38. The first kappa shape index (κ1) is 13.0. The zero-order chi connectivity index (χ0) is 11.7. The highest BCUT2D eigenvalue weighted by Crippen LogP contribution is 2.65. The lowest BCUT2D eigenvalue weighted by molar-refractivity contribution is 0.112. The van der Waals surface area contributed by atoms with Crippen molar-refractivity contribution in [3.63, 3.8) is 0 Å². The summed E-state index contributed by atoms with van der Waals surface area (Å²) in [6, 6.07) is 4.89. The summed E-state index contributed by atoms with van der Waals surface area (Å²) in [4.78, 5) is 10.6. The van der Waals surface area contributed by atoms with Crippen molar-refractivity contribution in [3.05, 3.63) is 35.8 Å². The molecule has 1 aromatic heterocycles. The van der Waals surface area contributed by atoms with Crippen LogP contribution in [0.15, 0.2) is 24.4 Å². The van der Waals surface area contributed by atoms with E-state index in [9.17, 15) is 9.18 Å². The molecule has 0 saturated heterocycles. The normalized spacial score (nSPS) is 11.2. The molecule has 0 spiro atoms. The van der Waals surface area contributed by atoms with Crippen LogP contribution in [0.1, 0.15) is 10.4 Å². The Kier molecular flexibility index (Phi) is 4.48. The van der Waals surface area contributed by atoms with E-state index in [-0.39, 0.29) is 7.97 Å². The molecule has 0 bridgehead atoms. The van der Waals surface area contributed by atoms with Crippen LogP contribution in [-0.2, 0) is 0 Å². The first-order chi connectivity index (χ1) is 7.61. The van der Waals surface area contributed by atoms with Gasteiger partial charge in [0.05, 0.1) is 11.1 Å². The van der Waals surface area contributed by atoms with Gasteiger partial charge in [-0.15, -0.1) is 0 Å². The lowest BCUT2D eigenvalue weighted by Gasteiger charge is -2.04. The van der Waals surface area contributed by atoms with E-state index in [0.29, 0.717) is 6.29 Å². The Bertz CT molecular complexity index is 546. The molecule has 16 heavy (non-hydrogen) atoms. The number of hydrogen-bond acceptors (Lipinski definition) is 2. The van der Waals surface area contributed by atoms with Crippen LogP contribution in [0.25, 0.3) is 10.9 Å². The Morgan fingerprint density at radius 2 is 2.19 bits per heavy atom. The molecule has 0 aliphatic rings. The Hall–Kier alpha value is 0.600. The van der Waals surface area contributed by atoms with Crippen molar-refractivity contribution in [1.29, 1.82) is 0 Å². The molecule has 7 heteroatoms. The first-order valence-electron chi connectivity index (χ1n) is 4.18. The predicted octanol–water partition coefficient (Wildman–Crippen LogP) is 5.19. The molecule has 2 rings (SSSR count). The maximum atomic E-state index is 13.5. The van der Waals surface area contributed by atoms with Gasteiger partial charge in [0.1, 0.15) is 8.23 Å². The third-order valence-electron chi connectivity index (χ3n) is 2.05. The van der Waals surface area contributed by atoms with Crippen LogP contribution < -0.4 is 0 Å². The van der Waals surface area contributed by atoms with Gasteiger partial charge in [0.15, 0.2) is 6.29 Å². The fraction of sp³-hybridized carbons (Fsp3) is 0. The maximum Gasteiger partial charge on any atom is 0.153 e. The Labute approximate surface area is 123 Å². The monoisotopic (exact) mass is 479 g/mol. The van der Waals surface area contributed by atoms with Crippen LogP contribution in [0.3, 0.4) is 0 Å². The van der Waals surface area contributed by atoms with Gasteiger partial charge in [-0.05, 0) is 62.3 Å². The molecule has 0 N–H and O–H groups in total. The fourth-order valence-corrected chi connectivity index (χ4v) is 6.11. The van der Waals surface area contributed by atoms with Gasteiger partial charge in [0.25, 0.3) is 0 Å². The summed E-state index contributed by atoms with van der Waals surface area (Å²) >= 11 is 6.34. The second-order valence-electron chi connectivity index (χ2n) is 2.98. The lowest BCUT2D eigenvalue weighted by atomic mass is 10.1. The minimum atomic E-state index is -0.464. The number of carbonyl (C=O) groups excluding carboxylic acids is 1. The largest absolute Gasteiger partial charge is 0.298 e. The van der Waals surface area contributed by atoms with Crippen molar-refractivity contribution in [2.45, 2.75) is 0 Å². The van der Waals surface area contributed by atoms with Crippen molar-refractivity contribution >= 4 is 75.2 Å². The molecule has 0 fully saturated rings.